The van der Waals surface area contributed by atoms with Crippen molar-refractivity contribution in [2.24, 2.45) is 11.7 Å². The number of carbonyl (C=O) groups is 2. The van der Waals surface area contributed by atoms with Gasteiger partial charge in [0.1, 0.15) is 5.82 Å². The van der Waals surface area contributed by atoms with Crippen LogP contribution in [0.3, 0.4) is 0 Å². The van der Waals surface area contributed by atoms with E-state index >= 15 is 0 Å². The van der Waals surface area contributed by atoms with Crippen LogP contribution in [0.2, 0.25) is 0 Å². The Hall–Kier alpha value is -3.52. The van der Waals surface area contributed by atoms with E-state index in [0.717, 1.165) is 43.6 Å². The number of carbonyl (C=O) groups excluding carboxylic acids is 2. The minimum absolute atomic E-state index is 0.141. The Labute approximate surface area is 191 Å². The first-order chi connectivity index (χ1) is 15.9. The number of aromatic nitrogens is 1. The molecular weight excluding hydrogens is 423 g/mol. The molecule has 0 aliphatic carbocycles. The van der Waals surface area contributed by atoms with Gasteiger partial charge in [0.2, 0.25) is 5.91 Å². The maximum atomic E-state index is 14.1. The number of piperidine rings is 1. The van der Waals surface area contributed by atoms with Crippen molar-refractivity contribution < 1.29 is 18.5 Å². The lowest BCUT2D eigenvalue weighted by Crippen LogP contribution is -2.38. The average molecular weight is 451 g/mol. The van der Waals surface area contributed by atoms with E-state index in [-0.39, 0.29) is 22.9 Å². The molecule has 3 aromatic rings. The molecule has 2 heterocycles. The molecule has 8 heteroatoms. The van der Waals surface area contributed by atoms with Gasteiger partial charge in [0.25, 0.3) is 5.91 Å². The summed E-state index contributed by atoms with van der Waals surface area (Å²) in [5, 5.41) is 6.73. The fraction of sp³-hybridized carbons (Fsp3) is 0.320. The molecule has 0 bridgehead atoms. The minimum Gasteiger partial charge on any atom is -0.366 e. The number of primary amides is 1. The molecule has 1 aromatic heterocycles. The summed E-state index contributed by atoms with van der Waals surface area (Å²) >= 11 is 0. The number of nitrogens with two attached hydrogens (primary N) is 1. The van der Waals surface area contributed by atoms with Crippen LogP contribution in [0, 0.1) is 18.7 Å². The molecule has 3 N–H and O–H groups in total. The molecule has 0 unspecified atom stereocenters. The Kier molecular flexibility index (Phi) is 6.84. The number of hydrogen-bond acceptors (Lipinski definition) is 5. The predicted octanol–water partition coefficient (Wildman–Crippen LogP) is 3.53. The molecule has 2 aromatic carbocycles. The van der Waals surface area contributed by atoms with Gasteiger partial charge in [-0.05, 0) is 74.2 Å². The van der Waals surface area contributed by atoms with Crippen LogP contribution < -0.4 is 11.1 Å². The molecule has 33 heavy (non-hydrogen) atoms. The highest BCUT2D eigenvalue weighted by Gasteiger charge is 2.21. The summed E-state index contributed by atoms with van der Waals surface area (Å²) in [5.41, 5.74) is 8.16. The highest BCUT2D eigenvalue weighted by Crippen LogP contribution is 2.24. The van der Waals surface area contributed by atoms with E-state index < -0.39 is 11.7 Å². The summed E-state index contributed by atoms with van der Waals surface area (Å²) in [6, 6.07) is 13.7. The fourth-order valence-corrected chi connectivity index (χ4v) is 4.04. The molecule has 0 atom stereocenters. The minimum atomic E-state index is -0.423. The maximum absolute atomic E-state index is 14.1. The quantitative estimate of drug-likeness (QED) is 0.573. The van der Waals surface area contributed by atoms with Crippen LogP contribution in [0.15, 0.2) is 53.1 Å². The number of nitrogens with one attached hydrogen (secondary N) is 1. The number of rotatable bonds is 7. The summed E-state index contributed by atoms with van der Waals surface area (Å²) in [4.78, 5) is 26.0. The molecule has 7 nitrogen and oxygen atoms in total. The smallest absolute Gasteiger partial charge is 0.273 e. The highest BCUT2D eigenvalue weighted by atomic mass is 19.1. The summed E-state index contributed by atoms with van der Waals surface area (Å²) in [6.07, 6.45) is 1.94. The summed E-state index contributed by atoms with van der Waals surface area (Å²) in [5.74, 6) is -0.546. The van der Waals surface area contributed by atoms with Crippen molar-refractivity contribution in [3.05, 3.63) is 76.7 Å². The van der Waals surface area contributed by atoms with E-state index in [0.29, 0.717) is 18.0 Å². The second-order valence-electron chi connectivity index (χ2n) is 8.55. The van der Waals surface area contributed by atoms with Crippen LogP contribution in [0.4, 0.5) is 4.39 Å². The van der Waals surface area contributed by atoms with E-state index in [9.17, 15) is 14.0 Å². The zero-order chi connectivity index (χ0) is 23.4. The van der Waals surface area contributed by atoms with Crippen molar-refractivity contribution in [1.29, 1.82) is 0 Å². The molecule has 1 saturated heterocycles. The molecule has 1 fully saturated rings. The topological polar surface area (TPSA) is 101 Å². The molecule has 0 radical (unpaired) electrons. The van der Waals surface area contributed by atoms with E-state index in [1.165, 1.54) is 12.1 Å². The highest BCUT2D eigenvalue weighted by molar-refractivity contribution is 5.93. The van der Waals surface area contributed by atoms with Gasteiger partial charge in [-0.25, -0.2) is 4.39 Å². The van der Waals surface area contributed by atoms with Crippen LogP contribution in [0.25, 0.3) is 11.3 Å². The van der Waals surface area contributed by atoms with Gasteiger partial charge in [-0.15, -0.1) is 0 Å². The van der Waals surface area contributed by atoms with Gasteiger partial charge in [0.05, 0.1) is 5.56 Å². The third kappa shape index (κ3) is 5.64. The van der Waals surface area contributed by atoms with Crippen LogP contribution in [-0.2, 0) is 6.54 Å². The van der Waals surface area contributed by atoms with Gasteiger partial charge < -0.3 is 15.6 Å². The lowest BCUT2D eigenvalue weighted by Gasteiger charge is -2.32. The standard InChI is InChI=1S/C25H27FN4O3/c1-16-2-7-20(21(26)12-16)23-13-22(29-33-23)25(32)28-14-17-8-10-30(11-9-17)15-18-3-5-19(6-4-18)24(27)31/h2-7,12-13,17H,8-11,14-15H2,1H3,(H2,27,31)(H,28,32). The van der Waals surface area contributed by atoms with Crippen molar-refractivity contribution >= 4 is 11.8 Å². The van der Waals surface area contributed by atoms with Gasteiger partial charge in [0.15, 0.2) is 11.5 Å². The molecule has 172 valence electrons. The van der Waals surface area contributed by atoms with Gasteiger partial charge in [-0.2, -0.15) is 0 Å². The molecule has 1 aliphatic rings. The number of aryl methyl sites for hydroxylation is 1. The van der Waals surface area contributed by atoms with Crippen molar-refractivity contribution in [2.75, 3.05) is 19.6 Å². The molecule has 1 aliphatic heterocycles. The molecule has 0 spiro atoms. The largest absolute Gasteiger partial charge is 0.366 e. The Morgan fingerprint density at radius 2 is 1.88 bits per heavy atom. The normalized spacial score (nSPS) is 14.8. The summed E-state index contributed by atoms with van der Waals surface area (Å²) in [6.45, 7) is 5.04. The number of nitrogens with zero attached hydrogens (tertiary/aromatic N) is 2. The summed E-state index contributed by atoms with van der Waals surface area (Å²) < 4.78 is 19.3. The van der Waals surface area contributed by atoms with Gasteiger partial charge in [-0.1, -0.05) is 23.4 Å². The number of hydrogen-bond donors (Lipinski definition) is 2. The molecule has 4 rings (SSSR count). The second-order valence-corrected chi connectivity index (χ2v) is 8.55. The number of benzene rings is 2. The first-order valence-corrected chi connectivity index (χ1v) is 11.0. The first kappa shape index (κ1) is 22.7. The third-order valence-electron chi connectivity index (χ3n) is 6.04. The van der Waals surface area contributed by atoms with Gasteiger partial charge >= 0.3 is 0 Å². The second kappa shape index (κ2) is 9.95. The fourth-order valence-electron chi connectivity index (χ4n) is 4.04. The van der Waals surface area contributed by atoms with Crippen LogP contribution in [-0.4, -0.2) is 41.5 Å². The van der Waals surface area contributed by atoms with Crippen molar-refractivity contribution in [3.8, 4) is 11.3 Å². The lowest BCUT2D eigenvalue weighted by molar-refractivity contribution is 0.0925. The van der Waals surface area contributed by atoms with E-state index in [4.69, 9.17) is 10.3 Å². The molecular formula is C25H27FN4O3. The van der Waals surface area contributed by atoms with Crippen molar-refractivity contribution in [2.45, 2.75) is 26.3 Å². The van der Waals surface area contributed by atoms with E-state index in [1.54, 1.807) is 31.2 Å². The van der Waals surface area contributed by atoms with Crippen molar-refractivity contribution in [1.82, 2.24) is 15.4 Å². The number of halogens is 1. The molecule has 2 amide bonds. The Bertz CT molecular complexity index is 1130. The van der Waals surface area contributed by atoms with E-state index in [1.807, 2.05) is 12.1 Å². The number of likely N-dealkylation sites (tertiary alicyclic amines) is 1. The van der Waals surface area contributed by atoms with Gasteiger partial charge in [-0.3, -0.25) is 14.5 Å². The average Bonchev–Trinajstić information content (AvgIpc) is 3.29. The SMILES string of the molecule is Cc1ccc(-c2cc(C(=O)NCC3CCN(Cc4ccc(C(N)=O)cc4)CC3)no2)c(F)c1. The van der Waals surface area contributed by atoms with Crippen LogP contribution in [0.5, 0.6) is 0 Å². The van der Waals surface area contributed by atoms with Crippen molar-refractivity contribution in [3.63, 3.8) is 0 Å². The zero-order valence-corrected chi connectivity index (χ0v) is 18.5. The Morgan fingerprint density at radius 3 is 2.55 bits per heavy atom. The Balaban J connectivity index is 1.24. The summed E-state index contributed by atoms with van der Waals surface area (Å²) in [7, 11) is 0. The monoisotopic (exact) mass is 450 g/mol. The third-order valence-corrected chi connectivity index (χ3v) is 6.04. The Morgan fingerprint density at radius 1 is 1.15 bits per heavy atom. The maximum Gasteiger partial charge on any atom is 0.273 e. The molecule has 0 saturated carbocycles. The van der Waals surface area contributed by atoms with Crippen LogP contribution in [0.1, 0.15) is 44.8 Å². The van der Waals surface area contributed by atoms with Gasteiger partial charge in [0, 0.05) is 24.7 Å². The van der Waals surface area contributed by atoms with Crippen LogP contribution >= 0.6 is 0 Å². The first-order valence-electron chi connectivity index (χ1n) is 11.0. The zero-order valence-electron chi connectivity index (χ0n) is 18.5. The number of amides is 2. The predicted molar refractivity (Wildman–Crippen MR) is 122 cm³/mol. The van der Waals surface area contributed by atoms with E-state index in [2.05, 4.69) is 15.4 Å². The lowest BCUT2D eigenvalue weighted by atomic mass is 9.96.